The van der Waals surface area contributed by atoms with Gasteiger partial charge in [0, 0.05) is 26.2 Å². The first-order chi connectivity index (χ1) is 13.7. The highest BCUT2D eigenvalue weighted by Gasteiger charge is 2.31. The van der Waals surface area contributed by atoms with Crippen molar-refractivity contribution in [1.82, 2.24) is 9.62 Å². The molecule has 0 bridgehead atoms. The Bertz CT molecular complexity index is 912. The van der Waals surface area contributed by atoms with E-state index in [1.807, 2.05) is 24.3 Å². The standard InChI is InChI=1S/C19H21F3N2O4S/c20-19(21,22)28-17-5-7-18(8-6-17)29(25,26)23-13-15-3-1-2-4-16(15)14-24-9-11-27-12-10-24/h1-8,23H,9-14H2. The molecule has 1 heterocycles. The molecule has 2 aromatic rings. The minimum atomic E-state index is -4.83. The predicted molar refractivity (Wildman–Crippen MR) is 99.7 cm³/mol. The Kier molecular flexibility index (Phi) is 6.78. The maximum atomic E-state index is 12.5. The first kappa shape index (κ1) is 21.6. The minimum absolute atomic E-state index is 0.0731. The van der Waals surface area contributed by atoms with Gasteiger partial charge in [0.25, 0.3) is 0 Å². The minimum Gasteiger partial charge on any atom is -0.406 e. The number of nitrogens with one attached hydrogen (secondary N) is 1. The van der Waals surface area contributed by atoms with Crippen LogP contribution in [0.5, 0.6) is 5.75 Å². The smallest absolute Gasteiger partial charge is 0.406 e. The second-order valence-electron chi connectivity index (χ2n) is 6.50. The fourth-order valence-electron chi connectivity index (χ4n) is 2.96. The van der Waals surface area contributed by atoms with E-state index in [1.54, 1.807) is 0 Å². The molecule has 0 saturated carbocycles. The van der Waals surface area contributed by atoms with E-state index in [9.17, 15) is 21.6 Å². The molecule has 2 aromatic carbocycles. The van der Waals surface area contributed by atoms with Crippen molar-refractivity contribution in [2.45, 2.75) is 24.3 Å². The first-order valence-electron chi connectivity index (χ1n) is 8.95. The quantitative estimate of drug-likeness (QED) is 0.732. The molecular weight excluding hydrogens is 409 g/mol. The summed E-state index contributed by atoms with van der Waals surface area (Å²) in [5.74, 6) is -0.479. The van der Waals surface area contributed by atoms with Crippen molar-refractivity contribution in [3.8, 4) is 5.75 Å². The molecule has 0 aliphatic carbocycles. The van der Waals surface area contributed by atoms with Crippen molar-refractivity contribution in [2.24, 2.45) is 0 Å². The molecule has 1 aliphatic heterocycles. The summed E-state index contributed by atoms with van der Waals surface area (Å²) in [6, 6.07) is 11.6. The largest absolute Gasteiger partial charge is 0.573 e. The number of ether oxygens (including phenoxy) is 2. The number of halogens is 3. The molecule has 6 nitrogen and oxygen atoms in total. The molecule has 10 heteroatoms. The number of rotatable bonds is 7. The van der Waals surface area contributed by atoms with E-state index < -0.39 is 22.1 Å². The average Bonchev–Trinajstić information content (AvgIpc) is 2.67. The van der Waals surface area contributed by atoms with Crippen LogP contribution in [0.25, 0.3) is 0 Å². The van der Waals surface area contributed by atoms with Crippen LogP contribution in [0.3, 0.4) is 0 Å². The number of morpholine rings is 1. The van der Waals surface area contributed by atoms with Gasteiger partial charge in [-0.3, -0.25) is 4.90 Å². The average molecular weight is 430 g/mol. The van der Waals surface area contributed by atoms with Gasteiger partial charge in [0.15, 0.2) is 0 Å². The molecular formula is C19H21F3N2O4S. The van der Waals surface area contributed by atoms with Crippen LogP contribution in [0, 0.1) is 0 Å². The summed E-state index contributed by atoms with van der Waals surface area (Å²) in [6.45, 7) is 3.72. The molecule has 1 fully saturated rings. The number of hydrogen-bond acceptors (Lipinski definition) is 5. The number of nitrogens with zero attached hydrogens (tertiary/aromatic N) is 1. The van der Waals surface area contributed by atoms with Crippen molar-refractivity contribution in [2.75, 3.05) is 26.3 Å². The molecule has 0 spiro atoms. The second kappa shape index (κ2) is 9.12. The molecule has 3 rings (SSSR count). The van der Waals surface area contributed by atoms with Crippen LogP contribution in [0.2, 0.25) is 0 Å². The fraction of sp³-hybridized carbons (Fsp3) is 0.368. The van der Waals surface area contributed by atoms with Gasteiger partial charge in [-0.1, -0.05) is 24.3 Å². The summed E-state index contributed by atoms with van der Waals surface area (Å²) < 4.78 is 73.3. The molecule has 0 atom stereocenters. The van der Waals surface area contributed by atoms with Crippen molar-refractivity contribution in [3.05, 3.63) is 59.7 Å². The van der Waals surface area contributed by atoms with Gasteiger partial charge in [0.2, 0.25) is 10.0 Å². The number of benzene rings is 2. The van der Waals surface area contributed by atoms with Gasteiger partial charge in [0.1, 0.15) is 5.75 Å². The zero-order chi connectivity index (χ0) is 20.9. The highest BCUT2D eigenvalue weighted by molar-refractivity contribution is 7.89. The predicted octanol–water partition coefficient (Wildman–Crippen LogP) is 2.90. The molecule has 0 amide bonds. The van der Waals surface area contributed by atoms with Crippen LogP contribution in [0.15, 0.2) is 53.4 Å². The van der Waals surface area contributed by atoms with Crippen molar-refractivity contribution >= 4 is 10.0 Å². The van der Waals surface area contributed by atoms with Gasteiger partial charge < -0.3 is 9.47 Å². The zero-order valence-corrected chi connectivity index (χ0v) is 16.3. The molecule has 0 aromatic heterocycles. The van der Waals surface area contributed by atoms with Crippen LogP contribution < -0.4 is 9.46 Å². The highest BCUT2D eigenvalue weighted by atomic mass is 32.2. The van der Waals surface area contributed by atoms with Gasteiger partial charge in [0.05, 0.1) is 18.1 Å². The summed E-state index contributed by atoms with van der Waals surface area (Å²) in [7, 11) is -3.89. The van der Waals surface area contributed by atoms with Crippen molar-refractivity contribution in [1.29, 1.82) is 0 Å². The summed E-state index contributed by atoms with van der Waals surface area (Å²) in [5, 5.41) is 0. The summed E-state index contributed by atoms with van der Waals surface area (Å²) in [5.41, 5.74) is 1.84. The van der Waals surface area contributed by atoms with Gasteiger partial charge in [-0.05, 0) is 35.4 Å². The molecule has 1 aliphatic rings. The Balaban J connectivity index is 1.66. The second-order valence-corrected chi connectivity index (χ2v) is 8.27. The Hall–Kier alpha value is -2.14. The Morgan fingerprint density at radius 3 is 2.24 bits per heavy atom. The van der Waals surface area contributed by atoms with E-state index in [4.69, 9.17) is 4.74 Å². The molecule has 0 unspecified atom stereocenters. The molecule has 158 valence electrons. The monoisotopic (exact) mass is 430 g/mol. The third-order valence-electron chi connectivity index (χ3n) is 4.44. The zero-order valence-electron chi connectivity index (χ0n) is 15.5. The van der Waals surface area contributed by atoms with Gasteiger partial charge in [-0.2, -0.15) is 0 Å². The summed E-state index contributed by atoms with van der Waals surface area (Å²) in [4.78, 5) is 2.09. The number of hydrogen-bond donors (Lipinski definition) is 1. The lowest BCUT2D eigenvalue weighted by atomic mass is 10.1. The fourth-order valence-corrected chi connectivity index (χ4v) is 3.97. The Morgan fingerprint density at radius 1 is 1.00 bits per heavy atom. The summed E-state index contributed by atoms with van der Waals surface area (Å²) in [6.07, 6.45) is -4.83. The van der Waals surface area contributed by atoms with Crippen molar-refractivity contribution < 1.29 is 31.1 Å². The van der Waals surface area contributed by atoms with Crippen LogP contribution >= 0.6 is 0 Å². The molecule has 0 radical (unpaired) electrons. The third kappa shape index (κ3) is 6.43. The maximum absolute atomic E-state index is 12.5. The van der Waals surface area contributed by atoms with Crippen LogP contribution in [-0.2, 0) is 27.8 Å². The van der Waals surface area contributed by atoms with E-state index >= 15 is 0 Å². The summed E-state index contributed by atoms with van der Waals surface area (Å²) >= 11 is 0. The van der Waals surface area contributed by atoms with E-state index in [0.717, 1.165) is 48.5 Å². The number of sulfonamides is 1. The van der Waals surface area contributed by atoms with E-state index in [2.05, 4.69) is 14.4 Å². The van der Waals surface area contributed by atoms with Crippen LogP contribution in [-0.4, -0.2) is 46.0 Å². The highest BCUT2D eigenvalue weighted by Crippen LogP contribution is 2.24. The SMILES string of the molecule is O=S(=O)(NCc1ccccc1CN1CCOCC1)c1ccc(OC(F)(F)F)cc1. The Morgan fingerprint density at radius 2 is 1.62 bits per heavy atom. The van der Waals surface area contributed by atoms with E-state index in [0.29, 0.717) is 19.8 Å². The number of alkyl halides is 3. The van der Waals surface area contributed by atoms with Crippen LogP contribution in [0.1, 0.15) is 11.1 Å². The lowest BCUT2D eigenvalue weighted by Crippen LogP contribution is -2.36. The van der Waals surface area contributed by atoms with Gasteiger partial charge in [-0.15, -0.1) is 13.2 Å². The topological polar surface area (TPSA) is 67.9 Å². The molecule has 1 N–H and O–H groups in total. The van der Waals surface area contributed by atoms with Gasteiger partial charge >= 0.3 is 6.36 Å². The first-order valence-corrected chi connectivity index (χ1v) is 10.4. The maximum Gasteiger partial charge on any atom is 0.573 e. The van der Waals surface area contributed by atoms with Crippen molar-refractivity contribution in [3.63, 3.8) is 0 Å². The van der Waals surface area contributed by atoms with E-state index in [-0.39, 0.29) is 11.4 Å². The molecule has 1 saturated heterocycles. The third-order valence-corrected chi connectivity index (χ3v) is 5.85. The lowest BCUT2D eigenvalue weighted by molar-refractivity contribution is -0.274. The molecule has 29 heavy (non-hydrogen) atoms. The normalized spacial score (nSPS) is 16.0. The van der Waals surface area contributed by atoms with Gasteiger partial charge in [-0.25, -0.2) is 13.1 Å². The van der Waals surface area contributed by atoms with Crippen LogP contribution in [0.4, 0.5) is 13.2 Å². The Labute approximate surface area is 167 Å². The lowest BCUT2D eigenvalue weighted by Gasteiger charge is -2.27. The van der Waals surface area contributed by atoms with E-state index in [1.165, 1.54) is 0 Å².